The first-order chi connectivity index (χ1) is 7.83. The lowest BCUT2D eigenvalue weighted by molar-refractivity contribution is -0.126. The zero-order valence-electron chi connectivity index (χ0n) is 10.0. The van der Waals surface area contributed by atoms with Crippen LogP contribution in [0.1, 0.15) is 44.9 Å². The molecule has 0 aromatic carbocycles. The van der Waals surface area contributed by atoms with E-state index in [1.807, 2.05) is 0 Å². The number of hydrogen-bond acceptors (Lipinski definition) is 3. The lowest BCUT2D eigenvalue weighted by atomic mass is 9.82. The number of ketones is 1. The quantitative estimate of drug-likeness (QED) is 0.790. The van der Waals surface area contributed by atoms with Gasteiger partial charge < -0.3 is 5.11 Å². The minimum Gasteiger partial charge on any atom is -0.396 e. The summed E-state index contributed by atoms with van der Waals surface area (Å²) in [5, 5.41) is 8.88. The predicted octanol–water partition coefficient (Wildman–Crippen LogP) is 1.59. The Morgan fingerprint density at radius 3 is 2.88 bits per heavy atom. The summed E-state index contributed by atoms with van der Waals surface area (Å²) in [5.41, 5.74) is 0. The number of aliphatic hydroxyl groups is 1. The molecule has 2 fully saturated rings. The van der Waals surface area contributed by atoms with E-state index in [2.05, 4.69) is 4.90 Å². The number of likely N-dealkylation sites (tertiary alicyclic amines) is 1. The molecule has 3 heteroatoms. The highest BCUT2D eigenvalue weighted by molar-refractivity contribution is 5.82. The van der Waals surface area contributed by atoms with E-state index in [-0.39, 0.29) is 6.61 Å². The molecule has 2 atom stereocenters. The van der Waals surface area contributed by atoms with Crippen LogP contribution in [0.5, 0.6) is 0 Å². The Bertz CT molecular complexity index is 242. The standard InChI is InChI=1S/C13H23NO2/c15-10-4-9-14-8-3-6-12(14)11-5-1-2-7-13(11)16/h11-12,15H,1-10H2. The van der Waals surface area contributed by atoms with Gasteiger partial charge in [0.15, 0.2) is 0 Å². The molecule has 3 nitrogen and oxygen atoms in total. The van der Waals surface area contributed by atoms with Crippen LogP contribution >= 0.6 is 0 Å². The monoisotopic (exact) mass is 225 g/mol. The van der Waals surface area contributed by atoms with Crippen molar-refractivity contribution in [3.05, 3.63) is 0 Å². The van der Waals surface area contributed by atoms with Crippen molar-refractivity contribution in [3.63, 3.8) is 0 Å². The van der Waals surface area contributed by atoms with Crippen LogP contribution in [0.4, 0.5) is 0 Å². The molecule has 0 aromatic heterocycles. The molecular weight excluding hydrogens is 202 g/mol. The lowest BCUT2D eigenvalue weighted by Gasteiger charge is -2.32. The van der Waals surface area contributed by atoms with E-state index in [9.17, 15) is 4.79 Å². The Balaban J connectivity index is 1.92. The van der Waals surface area contributed by atoms with E-state index in [0.717, 1.165) is 38.8 Å². The number of rotatable bonds is 4. The van der Waals surface area contributed by atoms with Crippen LogP contribution in [0, 0.1) is 5.92 Å². The molecule has 2 aliphatic rings. The molecular formula is C13H23NO2. The molecule has 0 bridgehead atoms. The summed E-state index contributed by atoms with van der Waals surface area (Å²) in [5.74, 6) is 0.794. The first-order valence-corrected chi connectivity index (χ1v) is 6.70. The number of Topliss-reactive ketones (excluding diaryl/α,β-unsaturated/α-hetero) is 1. The Kier molecular flexibility index (Phi) is 4.36. The Morgan fingerprint density at radius 1 is 1.25 bits per heavy atom. The maximum atomic E-state index is 11.9. The van der Waals surface area contributed by atoms with Crippen LogP contribution in [0.2, 0.25) is 0 Å². The average Bonchev–Trinajstić information content (AvgIpc) is 2.75. The summed E-state index contributed by atoms with van der Waals surface area (Å²) in [6.45, 7) is 2.35. The predicted molar refractivity (Wildman–Crippen MR) is 63.3 cm³/mol. The normalized spacial score (nSPS) is 32.2. The van der Waals surface area contributed by atoms with Crippen LogP contribution in [0.3, 0.4) is 0 Å². The largest absolute Gasteiger partial charge is 0.396 e. The molecule has 1 saturated carbocycles. The molecule has 0 aromatic rings. The molecule has 2 rings (SSSR count). The first kappa shape index (κ1) is 12.1. The molecule has 0 radical (unpaired) electrons. The zero-order chi connectivity index (χ0) is 11.4. The number of nitrogens with zero attached hydrogens (tertiary/aromatic N) is 1. The third-order valence-corrected chi connectivity index (χ3v) is 4.08. The smallest absolute Gasteiger partial charge is 0.137 e. The van der Waals surface area contributed by atoms with Crippen molar-refractivity contribution in [1.82, 2.24) is 4.90 Å². The van der Waals surface area contributed by atoms with Crippen molar-refractivity contribution in [1.29, 1.82) is 0 Å². The molecule has 1 saturated heterocycles. The molecule has 1 heterocycles. The maximum absolute atomic E-state index is 11.9. The van der Waals surface area contributed by atoms with Gasteiger partial charge in [-0.3, -0.25) is 9.69 Å². The van der Waals surface area contributed by atoms with Crippen LogP contribution in [-0.4, -0.2) is 41.5 Å². The fourth-order valence-corrected chi connectivity index (χ4v) is 3.28. The molecule has 92 valence electrons. The number of aliphatic hydroxyl groups excluding tert-OH is 1. The van der Waals surface area contributed by atoms with Gasteiger partial charge >= 0.3 is 0 Å². The van der Waals surface area contributed by atoms with Gasteiger partial charge in [-0.15, -0.1) is 0 Å². The van der Waals surface area contributed by atoms with Crippen LogP contribution in [0.15, 0.2) is 0 Å². The van der Waals surface area contributed by atoms with Crippen LogP contribution in [-0.2, 0) is 4.79 Å². The van der Waals surface area contributed by atoms with Crippen molar-refractivity contribution in [2.24, 2.45) is 5.92 Å². The summed E-state index contributed by atoms with van der Waals surface area (Å²) in [6.07, 6.45) is 7.46. The minimum absolute atomic E-state index is 0.266. The van der Waals surface area contributed by atoms with Gasteiger partial charge in [0, 0.05) is 31.5 Å². The summed E-state index contributed by atoms with van der Waals surface area (Å²) in [4.78, 5) is 14.4. The molecule has 1 aliphatic carbocycles. The fraction of sp³-hybridized carbons (Fsp3) is 0.923. The SMILES string of the molecule is O=C1CCCCC1C1CCCN1CCCO. The highest BCUT2D eigenvalue weighted by Gasteiger charge is 2.36. The topological polar surface area (TPSA) is 40.5 Å². The van der Waals surface area contributed by atoms with Gasteiger partial charge in [-0.2, -0.15) is 0 Å². The summed E-state index contributed by atoms with van der Waals surface area (Å²) in [6, 6.07) is 0.486. The molecule has 0 spiro atoms. The van der Waals surface area contributed by atoms with Gasteiger partial charge in [0.25, 0.3) is 0 Å². The third kappa shape index (κ3) is 2.64. The van der Waals surface area contributed by atoms with E-state index in [1.165, 1.54) is 19.3 Å². The van der Waals surface area contributed by atoms with Gasteiger partial charge in [-0.1, -0.05) is 6.42 Å². The van der Waals surface area contributed by atoms with Gasteiger partial charge in [0.05, 0.1) is 0 Å². The molecule has 1 aliphatic heterocycles. The first-order valence-electron chi connectivity index (χ1n) is 6.70. The number of carbonyl (C=O) groups is 1. The van der Waals surface area contributed by atoms with Crippen molar-refractivity contribution in [3.8, 4) is 0 Å². The third-order valence-electron chi connectivity index (χ3n) is 4.08. The van der Waals surface area contributed by atoms with E-state index < -0.39 is 0 Å². The van der Waals surface area contributed by atoms with Gasteiger partial charge in [-0.25, -0.2) is 0 Å². The van der Waals surface area contributed by atoms with Gasteiger partial charge in [0.2, 0.25) is 0 Å². The van der Waals surface area contributed by atoms with Crippen LogP contribution < -0.4 is 0 Å². The summed E-state index contributed by atoms with van der Waals surface area (Å²) in [7, 11) is 0. The fourth-order valence-electron chi connectivity index (χ4n) is 3.28. The van der Waals surface area contributed by atoms with Crippen molar-refractivity contribution >= 4 is 5.78 Å². The van der Waals surface area contributed by atoms with Gasteiger partial charge in [-0.05, 0) is 38.6 Å². The molecule has 1 N–H and O–H groups in total. The second-order valence-electron chi connectivity index (χ2n) is 5.14. The second kappa shape index (κ2) is 5.78. The van der Waals surface area contributed by atoms with Crippen molar-refractivity contribution in [2.45, 2.75) is 51.0 Å². The van der Waals surface area contributed by atoms with E-state index in [1.54, 1.807) is 0 Å². The van der Waals surface area contributed by atoms with Crippen molar-refractivity contribution in [2.75, 3.05) is 19.7 Å². The molecule has 2 unspecified atom stereocenters. The molecule has 16 heavy (non-hydrogen) atoms. The number of carbonyl (C=O) groups excluding carboxylic acids is 1. The highest BCUT2D eigenvalue weighted by Crippen LogP contribution is 2.32. The zero-order valence-corrected chi connectivity index (χ0v) is 10.0. The number of hydrogen-bond donors (Lipinski definition) is 1. The summed E-state index contributed by atoms with van der Waals surface area (Å²) >= 11 is 0. The Morgan fingerprint density at radius 2 is 2.12 bits per heavy atom. The summed E-state index contributed by atoms with van der Waals surface area (Å²) < 4.78 is 0. The molecule has 0 amide bonds. The maximum Gasteiger partial charge on any atom is 0.137 e. The Hall–Kier alpha value is -0.410. The Labute approximate surface area is 97.8 Å². The van der Waals surface area contributed by atoms with E-state index in [0.29, 0.717) is 17.7 Å². The second-order valence-corrected chi connectivity index (χ2v) is 5.14. The minimum atomic E-state index is 0.266. The van der Waals surface area contributed by atoms with E-state index in [4.69, 9.17) is 5.11 Å². The van der Waals surface area contributed by atoms with E-state index >= 15 is 0 Å². The lowest BCUT2D eigenvalue weighted by Crippen LogP contribution is -2.41. The van der Waals surface area contributed by atoms with Gasteiger partial charge in [0.1, 0.15) is 5.78 Å². The van der Waals surface area contributed by atoms with Crippen LogP contribution in [0.25, 0.3) is 0 Å². The average molecular weight is 225 g/mol. The highest BCUT2D eigenvalue weighted by atomic mass is 16.3. The van der Waals surface area contributed by atoms with Crippen molar-refractivity contribution < 1.29 is 9.90 Å².